The van der Waals surface area contributed by atoms with Gasteiger partial charge in [-0.3, -0.25) is 14.4 Å². The van der Waals surface area contributed by atoms with Crippen molar-refractivity contribution in [2.24, 2.45) is 17.8 Å². The van der Waals surface area contributed by atoms with Crippen LogP contribution in [-0.4, -0.2) is 58.1 Å². The molecule has 0 aliphatic carbocycles. The molecule has 1 spiro atoms. The lowest BCUT2D eigenvalue weighted by molar-refractivity contribution is -0.147. The number of nitrogens with one attached hydrogen (secondary N) is 2. The Kier molecular flexibility index (Phi) is 8.29. The lowest BCUT2D eigenvalue weighted by Crippen LogP contribution is -2.55. The molecule has 0 saturated carbocycles. The van der Waals surface area contributed by atoms with Gasteiger partial charge in [-0.05, 0) is 43.2 Å². The number of aliphatic hydroxyl groups excluding tert-OH is 1. The molecule has 214 valence electrons. The van der Waals surface area contributed by atoms with Crippen molar-refractivity contribution < 1.29 is 24.2 Å². The number of nitrogens with zero attached hydrogens (tertiary/aromatic N) is 1. The van der Waals surface area contributed by atoms with E-state index in [2.05, 4.69) is 17.6 Å². The van der Waals surface area contributed by atoms with Crippen molar-refractivity contribution in [2.45, 2.75) is 76.3 Å². The van der Waals surface area contributed by atoms with E-state index in [0.717, 1.165) is 24.0 Å². The molecule has 0 aromatic heterocycles. The van der Waals surface area contributed by atoms with Crippen LogP contribution in [0.2, 0.25) is 0 Å². The molecular weight excluding hydrogens is 506 g/mol. The fraction of sp³-hybridized carbons (Fsp3) is 0.531. The smallest absolute Gasteiger partial charge is 0.246 e. The maximum Gasteiger partial charge on any atom is 0.246 e. The first-order valence-corrected chi connectivity index (χ1v) is 14.6. The number of carbonyl (C=O) groups excluding carboxylic acids is 3. The monoisotopic (exact) mass is 547 g/mol. The van der Waals surface area contributed by atoms with E-state index in [1.165, 1.54) is 0 Å². The van der Waals surface area contributed by atoms with Crippen LogP contribution in [-0.2, 0) is 32.2 Å². The topological polar surface area (TPSA) is 108 Å². The Bertz CT molecular complexity index is 1210. The number of amides is 3. The minimum Gasteiger partial charge on any atom is -0.396 e. The van der Waals surface area contributed by atoms with Crippen molar-refractivity contribution in [3.63, 3.8) is 0 Å². The Labute approximate surface area is 236 Å². The highest BCUT2D eigenvalue weighted by Crippen LogP contribution is 2.65. The quantitative estimate of drug-likeness (QED) is 0.354. The van der Waals surface area contributed by atoms with E-state index in [4.69, 9.17) is 9.84 Å². The third-order valence-corrected chi connectivity index (χ3v) is 9.27. The lowest BCUT2D eigenvalue weighted by Gasteiger charge is -2.36. The van der Waals surface area contributed by atoms with Crippen molar-refractivity contribution >= 4 is 17.7 Å². The number of likely N-dealkylation sites (tertiary alicyclic amines) is 1. The summed E-state index contributed by atoms with van der Waals surface area (Å²) in [5.41, 5.74) is 0.0613. The predicted molar refractivity (Wildman–Crippen MR) is 151 cm³/mol. The van der Waals surface area contributed by atoms with Gasteiger partial charge in [-0.25, -0.2) is 0 Å². The van der Waals surface area contributed by atoms with Gasteiger partial charge in [0.25, 0.3) is 0 Å². The zero-order chi connectivity index (χ0) is 28.3. The summed E-state index contributed by atoms with van der Waals surface area (Å²) in [6.45, 7) is 5.26. The average molecular weight is 548 g/mol. The van der Waals surface area contributed by atoms with Crippen LogP contribution in [0.5, 0.6) is 0 Å². The zero-order valence-corrected chi connectivity index (χ0v) is 23.5. The van der Waals surface area contributed by atoms with Crippen molar-refractivity contribution in [1.82, 2.24) is 15.5 Å². The molecule has 3 fully saturated rings. The number of benzene rings is 2. The van der Waals surface area contributed by atoms with Crippen LogP contribution in [0.15, 0.2) is 60.7 Å². The van der Waals surface area contributed by atoms with Crippen molar-refractivity contribution in [2.75, 3.05) is 13.2 Å². The first kappa shape index (κ1) is 28.3. The van der Waals surface area contributed by atoms with E-state index in [9.17, 15) is 14.4 Å². The molecule has 3 aliphatic heterocycles. The first-order chi connectivity index (χ1) is 19.3. The first-order valence-electron chi connectivity index (χ1n) is 14.6. The predicted octanol–water partition coefficient (Wildman–Crippen LogP) is 3.18. The second-order valence-electron chi connectivity index (χ2n) is 11.8. The summed E-state index contributed by atoms with van der Waals surface area (Å²) in [5, 5.41) is 15.3. The molecule has 8 heteroatoms. The minimum absolute atomic E-state index is 0.00190. The number of ether oxygens (including phenoxy) is 1. The summed E-state index contributed by atoms with van der Waals surface area (Å²) in [4.78, 5) is 43.5. The van der Waals surface area contributed by atoms with E-state index in [0.29, 0.717) is 38.9 Å². The molecule has 2 bridgehead atoms. The van der Waals surface area contributed by atoms with Crippen LogP contribution in [0.3, 0.4) is 0 Å². The molecule has 3 amide bonds. The Morgan fingerprint density at radius 2 is 1.50 bits per heavy atom. The van der Waals surface area contributed by atoms with Crippen LogP contribution in [0.25, 0.3) is 0 Å². The summed E-state index contributed by atoms with van der Waals surface area (Å²) in [6, 6.07) is 18.6. The van der Waals surface area contributed by atoms with E-state index in [-0.39, 0.29) is 30.2 Å². The van der Waals surface area contributed by atoms with Crippen molar-refractivity contribution in [3.05, 3.63) is 71.8 Å². The van der Waals surface area contributed by atoms with Crippen molar-refractivity contribution in [1.29, 1.82) is 0 Å². The molecule has 5 rings (SSSR count). The SMILES string of the molecule is CC1CC23O[C@]1(C)[C@@H](C(=O)NCc1ccccc1)[C@H]2C(=O)N(CCCCCCO)C3C(=O)NCc1ccccc1. The molecule has 2 aromatic carbocycles. The van der Waals surface area contributed by atoms with Crippen molar-refractivity contribution in [3.8, 4) is 0 Å². The van der Waals surface area contributed by atoms with Gasteiger partial charge >= 0.3 is 0 Å². The molecule has 3 aliphatic rings. The van der Waals surface area contributed by atoms with E-state index in [1.807, 2.05) is 67.6 Å². The highest BCUT2D eigenvalue weighted by molar-refractivity contribution is 5.99. The van der Waals surface area contributed by atoms with Gasteiger partial charge in [0.2, 0.25) is 17.7 Å². The third-order valence-electron chi connectivity index (χ3n) is 9.27. The van der Waals surface area contributed by atoms with Gasteiger partial charge in [0, 0.05) is 26.2 Å². The van der Waals surface area contributed by atoms with Gasteiger partial charge in [0.1, 0.15) is 11.6 Å². The number of hydrogen-bond acceptors (Lipinski definition) is 5. The maximum absolute atomic E-state index is 14.2. The second-order valence-corrected chi connectivity index (χ2v) is 11.8. The summed E-state index contributed by atoms with van der Waals surface area (Å²) < 4.78 is 6.78. The second kappa shape index (κ2) is 11.7. The highest BCUT2D eigenvalue weighted by Gasteiger charge is 2.79. The number of fused-ring (bicyclic) bond motifs is 1. The Morgan fingerprint density at radius 3 is 2.10 bits per heavy atom. The summed E-state index contributed by atoms with van der Waals surface area (Å²) in [6.07, 6.45) is 3.68. The number of unbranched alkanes of at least 4 members (excludes halogenated alkanes) is 3. The normalized spacial score (nSPS) is 30.4. The van der Waals surface area contributed by atoms with Gasteiger partial charge in [-0.1, -0.05) is 80.4 Å². The van der Waals surface area contributed by atoms with Gasteiger partial charge in [-0.2, -0.15) is 0 Å². The maximum atomic E-state index is 14.2. The zero-order valence-electron chi connectivity index (χ0n) is 23.5. The molecule has 8 nitrogen and oxygen atoms in total. The fourth-order valence-electron chi connectivity index (χ4n) is 7.20. The minimum atomic E-state index is -1.05. The van der Waals surface area contributed by atoms with Crippen LogP contribution >= 0.6 is 0 Å². The molecule has 40 heavy (non-hydrogen) atoms. The molecule has 3 N–H and O–H groups in total. The fourth-order valence-corrected chi connectivity index (χ4v) is 7.20. The molecule has 3 saturated heterocycles. The highest BCUT2D eigenvalue weighted by atomic mass is 16.5. The summed E-state index contributed by atoms with van der Waals surface area (Å²) >= 11 is 0. The number of hydrogen-bond donors (Lipinski definition) is 3. The van der Waals surface area contributed by atoms with Crippen LogP contribution in [0, 0.1) is 17.8 Å². The number of rotatable bonds is 12. The van der Waals surface area contributed by atoms with Crippen LogP contribution in [0.1, 0.15) is 57.1 Å². The van der Waals surface area contributed by atoms with Crippen LogP contribution in [0.4, 0.5) is 0 Å². The summed E-state index contributed by atoms with van der Waals surface area (Å²) in [7, 11) is 0. The molecule has 0 radical (unpaired) electrons. The molecule has 3 unspecified atom stereocenters. The van der Waals surface area contributed by atoms with Gasteiger partial charge in [-0.15, -0.1) is 0 Å². The van der Waals surface area contributed by atoms with Gasteiger partial charge < -0.3 is 25.4 Å². The Morgan fingerprint density at radius 1 is 0.925 bits per heavy atom. The van der Waals surface area contributed by atoms with Crippen LogP contribution < -0.4 is 10.6 Å². The Balaban J connectivity index is 1.41. The molecule has 3 heterocycles. The van der Waals surface area contributed by atoms with Gasteiger partial charge in [0.15, 0.2) is 0 Å². The largest absolute Gasteiger partial charge is 0.396 e. The average Bonchev–Trinajstić information content (AvgIpc) is 3.48. The molecular formula is C32H41N3O5. The Hall–Kier alpha value is -3.23. The standard InChI is InChI=1S/C32H41N3O5/c1-22-19-32-26(25(31(22,2)40-32)28(37)33-20-23-13-7-5-8-14-23)30(39)35(17-11-3-4-12-18-36)27(32)29(38)34-21-24-15-9-6-10-16-24/h5-10,13-16,22,25-27,36H,3-4,11-12,17-21H2,1-2H3,(H,33,37)(H,34,38)/t22?,25-,26+,27?,31+,32?/m1/s1. The van der Waals surface area contributed by atoms with E-state index < -0.39 is 29.1 Å². The summed E-state index contributed by atoms with van der Waals surface area (Å²) in [5.74, 6) is -2.01. The lowest BCUT2D eigenvalue weighted by atomic mass is 9.62. The van der Waals surface area contributed by atoms with E-state index >= 15 is 0 Å². The number of carbonyl (C=O) groups is 3. The third kappa shape index (κ3) is 5.03. The molecule has 2 aromatic rings. The molecule has 6 atom stereocenters. The number of aliphatic hydroxyl groups is 1. The van der Waals surface area contributed by atoms with E-state index in [1.54, 1.807) is 4.90 Å². The van der Waals surface area contributed by atoms with Gasteiger partial charge in [0.05, 0.1) is 17.4 Å².